The summed E-state index contributed by atoms with van der Waals surface area (Å²) in [6.07, 6.45) is 0. The number of rotatable bonds is 3. The Morgan fingerprint density at radius 1 is 1.47 bits per heavy atom. The molecule has 1 fully saturated rings. The molecule has 0 bridgehead atoms. The third kappa shape index (κ3) is 3.62. The SMILES string of the molecule is O=C(NCC1COCCN1)c1cc(F)c(Cl)cc1F. The lowest BCUT2D eigenvalue weighted by Gasteiger charge is -2.23. The Labute approximate surface area is 114 Å². The van der Waals surface area contributed by atoms with Gasteiger partial charge in [-0.15, -0.1) is 0 Å². The summed E-state index contributed by atoms with van der Waals surface area (Å²) in [6.45, 7) is 2.08. The van der Waals surface area contributed by atoms with E-state index in [9.17, 15) is 13.6 Å². The van der Waals surface area contributed by atoms with E-state index >= 15 is 0 Å². The van der Waals surface area contributed by atoms with Gasteiger partial charge >= 0.3 is 0 Å². The Kier molecular flexibility index (Phi) is 4.68. The van der Waals surface area contributed by atoms with Crippen molar-refractivity contribution < 1.29 is 18.3 Å². The summed E-state index contributed by atoms with van der Waals surface area (Å²) in [6, 6.07) is 1.55. The van der Waals surface area contributed by atoms with Crippen molar-refractivity contribution in [3.8, 4) is 0 Å². The van der Waals surface area contributed by atoms with Gasteiger partial charge in [0, 0.05) is 19.1 Å². The third-order valence-corrected chi connectivity index (χ3v) is 3.05. The Balaban J connectivity index is 1.97. The van der Waals surface area contributed by atoms with Crippen LogP contribution < -0.4 is 10.6 Å². The topological polar surface area (TPSA) is 50.4 Å². The molecule has 1 aromatic rings. The van der Waals surface area contributed by atoms with Crippen LogP contribution in [0.1, 0.15) is 10.4 Å². The minimum absolute atomic E-state index is 0.0297. The van der Waals surface area contributed by atoms with Crippen LogP contribution in [0.25, 0.3) is 0 Å². The molecule has 1 saturated heterocycles. The molecule has 7 heteroatoms. The molecule has 1 aromatic carbocycles. The molecule has 1 unspecified atom stereocenters. The van der Waals surface area contributed by atoms with Crippen molar-refractivity contribution >= 4 is 17.5 Å². The van der Waals surface area contributed by atoms with Gasteiger partial charge in [-0.25, -0.2) is 8.78 Å². The molecule has 0 saturated carbocycles. The van der Waals surface area contributed by atoms with E-state index in [1.807, 2.05) is 0 Å². The monoisotopic (exact) mass is 290 g/mol. The summed E-state index contributed by atoms with van der Waals surface area (Å²) in [4.78, 5) is 11.7. The quantitative estimate of drug-likeness (QED) is 0.826. The lowest BCUT2D eigenvalue weighted by molar-refractivity contribution is 0.0733. The number of benzene rings is 1. The van der Waals surface area contributed by atoms with E-state index < -0.39 is 17.5 Å². The maximum Gasteiger partial charge on any atom is 0.254 e. The summed E-state index contributed by atoms with van der Waals surface area (Å²) >= 11 is 5.42. The maximum absolute atomic E-state index is 13.5. The molecule has 1 atom stereocenters. The maximum atomic E-state index is 13.5. The molecule has 1 aliphatic rings. The van der Waals surface area contributed by atoms with Gasteiger partial charge < -0.3 is 15.4 Å². The zero-order chi connectivity index (χ0) is 13.8. The summed E-state index contributed by atoms with van der Waals surface area (Å²) in [5.41, 5.74) is -0.362. The second-order valence-electron chi connectivity index (χ2n) is 4.18. The first kappa shape index (κ1) is 14.2. The fraction of sp³-hybridized carbons (Fsp3) is 0.417. The molecule has 2 rings (SSSR count). The van der Waals surface area contributed by atoms with Crippen LogP contribution in [0.4, 0.5) is 8.78 Å². The number of nitrogens with one attached hydrogen (secondary N) is 2. The molecule has 1 amide bonds. The summed E-state index contributed by atoms with van der Waals surface area (Å²) in [5, 5.41) is 5.31. The van der Waals surface area contributed by atoms with Crippen molar-refractivity contribution in [1.29, 1.82) is 0 Å². The van der Waals surface area contributed by atoms with Crippen molar-refractivity contribution in [2.24, 2.45) is 0 Å². The van der Waals surface area contributed by atoms with Gasteiger partial charge in [-0.2, -0.15) is 0 Å². The number of carbonyl (C=O) groups excluding carboxylic acids is 1. The van der Waals surface area contributed by atoms with Gasteiger partial charge in [0.2, 0.25) is 0 Å². The lowest BCUT2D eigenvalue weighted by Crippen LogP contribution is -2.48. The highest BCUT2D eigenvalue weighted by atomic mass is 35.5. The van der Waals surface area contributed by atoms with Gasteiger partial charge in [-0.1, -0.05) is 11.6 Å². The smallest absolute Gasteiger partial charge is 0.254 e. The van der Waals surface area contributed by atoms with Crippen LogP contribution in [-0.2, 0) is 4.74 Å². The average molecular weight is 291 g/mol. The highest BCUT2D eigenvalue weighted by Gasteiger charge is 2.18. The average Bonchev–Trinajstić information content (AvgIpc) is 2.41. The first-order chi connectivity index (χ1) is 9.08. The van der Waals surface area contributed by atoms with Gasteiger partial charge in [-0.05, 0) is 12.1 Å². The second-order valence-corrected chi connectivity index (χ2v) is 4.59. The van der Waals surface area contributed by atoms with Gasteiger partial charge in [0.05, 0.1) is 23.8 Å². The van der Waals surface area contributed by atoms with Crippen LogP contribution in [0.15, 0.2) is 12.1 Å². The molecule has 104 valence electrons. The normalized spacial score (nSPS) is 19.2. The number of hydrogen-bond donors (Lipinski definition) is 2. The van der Waals surface area contributed by atoms with Gasteiger partial charge in [0.15, 0.2) is 0 Å². The Hall–Kier alpha value is -1.24. The van der Waals surface area contributed by atoms with Crippen LogP contribution in [0.2, 0.25) is 5.02 Å². The van der Waals surface area contributed by atoms with Crippen molar-refractivity contribution in [1.82, 2.24) is 10.6 Å². The highest BCUT2D eigenvalue weighted by Crippen LogP contribution is 2.19. The number of amides is 1. The minimum atomic E-state index is -0.850. The molecule has 0 radical (unpaired) electrons. The first-order valence-corrected chi connectivity index (χ1v) is 6.19. The molecule has 0 aromatic heterocycles. The number of hydrogen-bond acceptors (Lipinski definition) is 3. The Bertz CT molecular complexity index is 479. The zero-order valence-electron chi connectivity index (χ0n) is 10.0. The highest BCUT2D eigenvalue weighted by molar-refractivity contribution is 6.30. The van der Waals surface area contributed by atoms with E-state index in [2.05, 4.69) is 10.6 Å². The zero-order valence-corrected chi connectivity index (χ0v) is 10.8. The second kappa shape index (κ2) is 6.27. The van der Waals surface area contributed by atoms with Crippen molar-refractivity contribution in [2.45, 2.75) is 6.04 Å². The van der Waals surface area contributed by atoms with E-state index in [-0.39, 0.29) is 23.2 Å². The lowest BCUT2D eigenvalue weighted by atomic mass is 10.2. The fourth-order valence-electron chi connectivity index (χ4n) is 1.76. The van der Waals surface area contributed by atoms with Crippen LogP contribution in [0.3, 0.4) is 0 Å². The number of carbonyl (C=O) groups is 1. The summed E-state index contributed by atoms with van der Waals surface area (Å²) in [7, 11) is 0. The molecule has 19 heavy (non-hydrogen) atoms. The van der Waals surface area contributed by atoms with Crippen LogP contribution in [0.5, 0.6) is 0 Å². The fourth-order valence-corrected chi connectivity index (χ4v) is 1.91. The Morgan fingerprint density at radius 2 is 2.26 bits per heavy atom. The predicted molar refractivity (Wildman–Crippen MR) is 66.3 cm³/mol. The van der Waals surface area contributed by atoms with Crippen LogP contribution >= 0.6 is 11.6 Å². The largest absolute Gasteiger partial charge is 0.378 e. The van der Waals surface area contributed by atoms with Gasteiger partial charge in [0.25, 0.3) is 5.91 Å². The third-order valence-electron chi connectivity index (χ3n) is 2.76. The summed E-state index contributed by atoms with van der Waals surface area (Å²) in [5.74, 6) is -2.36. The molecule has 1 aliphatic heterocycles. The molecule has 4 nitrogen and oxygen atoms in total. The first-order valence-electron chi connectivity index (χ1n) is 5.82. The van der Waals surface area contributed by atoms with Gasteiger partial charge in [-0.3, -0.25) is 4.79 Å². The van der Waals surface area contributed by atoms with E-state index in [4.69, 9.17) is 16.3 Å². The van der Waals surface area contributed by atoms with E-state index in [1.165, 1.54) is 0 Å². The van der Waals surface area contributed by atoms with Gasteiger partial charge in [0.1, 0.15) is 11.6 Å². The molecule has 0 spiro atoms. The molecule has 0 aliphatic carbocycles. The molecular formula is C12H13ClF2N2O2. The van der Waals surface area contributed by atoms with Crippen LogP contribution in [0, 0.1) is 11.6 Å². The van der Waals surface area contributed by atoms with E-state index in [0.717, 1.165) is 12.1 Å². The number of morpholine rings is 1. The van der Waals surface area contributed by atoms with Crippen molar-refractivity contribution in [2.75, 3.05) is 26.3 Å². The van der Waals surface area contributed by atoms with Crippen LogP contribution in [-0.4, -0.2) is 38.3 Å². The number of ether oxygens (including phenoxy) is 1. The molecule has 1 heterocycles. The standard InChI is InChI=1S/C12H13ClF2N2O2/c13-9-4-10(14)8(3-11(9)15)12(18)17-5-7-6-19-2-1-16-7/h3-4,7,16H,1-2,5-6H2,(H,17,18). The minimum Gasteiger partial charge on any atom is -0.378 e. The number of halogens is 3. The van der Waals surface area contributed by atoms with Crippen molar-refractivity contribution in [3.05, 3.63) is 34.4 Å². The molecule has 2 N–H and O–H groups in total. The van der Waals surface area contributed by atoms with Crippen molar-refractivity contribution in [3.63, 3.8) is 0 Å². The summed E-state index contributed by atoms with van der Waals surface area (Å²) < 4.78 is 31.9. The van der Waals surface area contributed by atoms with E-state index in [0.29, 0.717) is 19.8 Å². The predicted octanol–water partition coefficient (Wildman–Crippen LogP) is 1.34. The molecular weight excluding hydrogens is 278 g/mol. The Morgan fingerprint density at radius 3 is 2.95 bits per heavy atom. The van der Waals surface area contributed by atoms with E-state index in [1.54, 1.807) is 0 Å².